The van der Waals surface area contributed by atoms with Crippen LogP contribution in [0.4, 0.5) is 0 Å². The van der Waals surface area contributed by atoms with Crippen LogP contribution in [-0.2, 0) is 10.8 Å². The molecule has 5 heteroatoms. The fourth-order valence-electron chi connectivity index (χ4n) is 1.39. The van der Waals surface area contributed by atoms with Gasteiger partial charge in [-0.3, -0.25) is 0 Å². The van der Waals surface area contributed by atoms with Gasteiger partial charge in [-0.2, -0.15) is 0 Å². The van der Waals surface area contributed by atoms with E-state index in [-0.39, 0.29) is 5.04 Å². The lowest BCUT2D eigenvalue weighted by Crippen LogP contribution is -2.41. The van der Waals surface area contributed by atoms with Crippen molar-refractivity contribution in [3.8, 4) is 5.88 Å². The van der Waals surface area contributed by atoms with Gasteiger partial charge in [0.15, 0.2) is 8.32 Å². The first-order chi connectivity index (χ1) is 8.67. The zero-order valence-corrected chi connectivity index (χ0v) is 15.3. The number of hydrogen-bond donors (Lipinski definition) is 0. The van der Waals surface area contributed by atoms with Crippen molar-refractivity contribution in [1.29, 1.82) is 0 Å². The van der Waals surface area contributed by atoms with Gasteiger partial charge in [-0.15, -0.1) is 0 Å². The molecule has 0 radical (unpaired) electrons. The van der Waals surface area contributed by atoms with Crippen LogP contribution >= 0.6 is 15.9 Å². The summed E-state index contributed by atoms with van der Waals surface area (Å²) in [6.45, 7) is 12.0. The van der Waals surface area contributed by atoms with Crippen molar-refractivity contribution < 1.29 is 9.16 Å². The maximum atomic E-state index is 6.18. The molecule has 0 aliphatic heterocycles. The minimum absolute atomic E-state index is 0.250. The maximum Gasteiger partial charge on any atom is 0.213 e. The highest BCUT2D eigenvalue weighted by atomic mass is 79.9. The highest BCUT2D eigenvalue weighted by Crippen LogP contribution is 2.36. The second kappa shape index (κ2) is 6.37. The average molecular weight is 346 g/mol. The van der Waals surface area contributed by atoms with Gasteiger partial charge in [0.25, 0.3) is 0 Å². The zero-order chi connectivity index (χ0) is 14.7. The van der Waals surface area contributed by atoms with Gasteiger partial charge in [0.05, 0.1) is 7.11 Å². The van der Waals surface area contributed by atoms with E-state index < -0.39 is 8.32 Å². The molecule has 0 unspecified atom stereocenters. The molecule has 108 valence electrons. The monoisotopic (exact) mass is 345 g/mol. The summed E-state index contributed by atoms with van der Waals surface area (Å²) in [5.74, 6) is 0.644. The molecule has 0 bridgehead atoms. The molecule has 0 aromatic carbocycles. The Morgan fingerprint density at radius 1 is 1.32 bits per heavy atom. The highest BCUT2D eigenvalue weighted by molar-refractivity contribution is 9.10. The normalized spacial score (nSPS) is 12.6. The summed E-state index contributed by atoms with van der Waals surface area (Å²) in [6, 6.07) is 1.96. The van der Waals surface area contributed by atoms with Crippen LogP contribution in [0.3, 0.4) is 0 Å². The molecule has 0 N–H and O–H groups in total. The summed E-state index contributed by atoms with van der Waals surface area (Å²) in [7, 11) is -0.0291. The van der Waals surface area contributed by atoms with E-state index in [1.165, 1.54) is 5.56 Å². The molecule has 1 rings (SSSR count). The lowest BCUT2D eigenvalue weighted by atomic mass is 10.2. The number of nitrogens with zero attached hydrogens (tertiary/aromatic N) is 1. The van der Waals surface area contributed by atoms with E-state index in [0.717, 1.165) is 17.5 Å². The van der Waals surface area contributed by atoms with Crippen molar-refractivity contribution in [1.82, 2.24) is 4.98 Å². The molecule has 0 saturated carbocycles. The number of rotatable bonds is 5. The standard InChI is InChI=1S/C14H24BrNO2Si/c1-14(2,3)19(5,6)18-8-7-11-9-13(17-4)16-10-12(11)15/h9-10H,7-8H2,1-6H3. The van der Waals surface area contributed by atoms with Crippen LogP contribution in [0.1, 0.15) is 26.3 Å². The molecule has 0 atom stereocenters. The van der Waals surface area contributed by atoms with E-state index in [1.807, 2.05) is 6.07 Å². The van der Waals surface area contributed by atoms with Crippen LogP contribution in [0.25, 0.3) is 0 Å². The van der Waals surface area contributed by atoms with E-state index in [2.05, 4.69) is 54.8 Å². The molecule has 1 aromatic rings. The van der Waals surface area contributed by atoms with Crippen molar-refractivity contribution in [2.75, 3.05) is 13.7 Å². The van der Waals surface area contributed by atoms with Crippen molar-refractivity contribution in [2.24, 2.45) is 0 Å². The lowest BCUT2D eigenvalue weighted by molar-refractivity contribution is 0.291. The number of pyridine rings is 1. The zero-order valence-electron chi connectivity index (χ0n) is 12.7. The first kappa shape index (κ1) is 16.7. The molecular formula is C14H24BrNO2Si. The fraction of sp³-hybridized carbons (Fsp3) is 0.643. The molecule has 0 aliphatic carbocycles. The Hall–Kier alpha value is -0.393. The third-order valence-electron chi connectivity index (χ3n) is 3.76. The molecular weight excluding hydrogens is 322 g/mol. The fourth-order valence-corrected chi connectivity index (χ4v) is 2.85. The smallest absolute Gasteiger partial charge is 0.213 e. The summed E-state index contributed by atoms with van der Waals surface area (Å²) in [4.78, 5) is 4.15. The third-order valence-corrected chi connectivity index (χ3v) is 9.01. The van der Waals surface area contributed by atoms with Gasteiger partial charge in [0.2, 0.25) is 5.88 Å². The molecule has 1 heterocycles. The minimum atomic E-state index is -1.66. The van der Waals surface area contributed by atoms with E-state index in [0.29, 0.717) is 5.88 Å². The predicted octanol–water partition coefficient (Wildman–Crippen LogP) is 4.42. The molecule has 0 amide bonds. The van der Waals surface area contributed by atoms with Crippen molar-refractivity contribution in [2.45, 2.75) is 45.3 Å². The third kappa shape index (κ3) is 4.58. The minimum Gasteiger partial charge on any atom is -0.481 e. The van der Waals surface area contributed by atoms with Crippen LogP contribution in [0.2, 0.25) is 18.1 Å². The van der Waals surface area contributed by atoms with Crippen LogP contribution in [0.5, 0.6) is 5.88 Å². The SMILES string of the molecule is COc1cc(CCO[Si](C)(C)C(C)(C)C)c(Br)cn1. The topological polar surface area (TPSA) is 31.4 Å². The second-order valence-electron chi connectivity index (χ2n) is 6.18. The average Bonchev–Trinajstić information content (AvgIpc) is 2.30. The highest BCUT2D eigenvalue weighted by Gasteiger charge is 2.36. The Kier molecular flexibility index (Phi) is 5.59. The largest absolute Gasteiger partial charge is 0.481 e. The molecule has 19 heavy (non-hydrogen) atoms. The number of hydrogen-bond acceptors (Lipinski definition) is 3. The number of methoxy groups -OCH3 is 1. The van der Waals surface area contributed by atoms with Gasteiger partial charge in [-0.05, 0) is 46.0 Å². The van der Waals surface area contributed by atoms with E-state index >= 15 is 0 Å². The first-order valence-electron chi connectivity index (χ1n) is 6.50. The Balaban J connectivity index is 2.63. The molecule has 0 spiro atoms. The summed E-state index contributed by atoms with van der Waals surface area (Å²) in [6.07, 6.45) is 2.65. The van der Waals surface area contributed by atoms with Crippen molar-refractivity contribution >= 4 is 24.2 Å². The lowest BCUT2D eigenvalue weighted by Gasteiger charge is -2.36. The summed E-state index contributed by atoms with van der Waals surface area (Å²) in [5, 5.41) is 0.250. The maximum absolute atomic E-state index is 6.18. The molecule has 0 saturated heterocycles. The molecule has 3 nitrogen and oxygen atoms in total. The Labute approximate surface area is 126 Å². The first-order valence-corrected chi connectivity index (χ1v) is 10.2. The Morgan fingerprint density at radius 3 is 2.47 bits per heavy atom. The van der Waals surface area contributed by atoms with E-state index in [1.54, 1.807) is 13.3 Å². The van der Waals surface area contributed by atoms with E-state index in [9.17, 15) is 0 Å². The van der Waals surface area contributed by atoms with Gasteiger partial charge in [0.1, 0.15) is 0 Å². The quantitative estimate of drug-likeness (QED) is 0.740. The second-order valence-corrected chi connectivity index (χ2v) is 11.8. The van der Waals surface area contributed by atoms with Crippen LogP contribution in [0, 0.1) is 0 Å². The van der Waals surface area contributed by atoms with Gasteiger partial charge in [0, 0.05) is 23.3 Å². The predicted molar refractivity (Wildman–Crippen MR) is 85.3 cm³/mol. The number of halogens is 1. The molecule has 0 aliphatic rings. The molecule has 0 fully saturated rings. The summed E-state index contributed by atoms with van der Waals surface area (Å²) >= 11 is 3.52. The number of aromatic nitrogens is 1. The van der Waals surface area contributed by atoms with Gasteiger partial charge in [-0.25, -0.2) is 4.98 Å². The van der Waals surface area contributed by atoms with Crippen molar-refractivity contribution in [3.05, 3.63) is 22.3 Å². The van der Waals surface area contributed by atoms with Crippen molar-refractivity contribution in [3.63, 3.8) is 0 Å². The Bertz CT molecular complexity index is 430. The summed E-state index contributed by atoms with van der Waals surface area (Å²) < 4.78 is 12.3. The van der Waals surface area contributed by atoms with Crippen LogP contribution < -0.4 is 4.74 Å². The summed E-state index contributed by atoms with van der Waals surface area (Å²) in [5.41, 5.74) is 1.17. The van der Waals surface area contributed by atoms with E-state index in [4.69, 9.17) is 9.16 Å². The van der Waals surface area contributed by atoms with Gasteiger partial charge < -0.3 is 9.16 Å². The Morgan fingerprint density at radius 2 is 1.95 bits per heavy atom. The van der Waals surface area contributed by atoms with Gasteiger partial charge >= 0.3 is 0 Å². The van der Waals surface area contributed by atoms with Gasteiger partial charge in [-0.1, -0.05) is 20.8 Å². The van der Waals surface area contributed by atoms with Crippen LogP contribution in [-0.4, -0.2) is 27.0 Å². The molecule has 1 aromatic heterocycles. The number of ether oxygens (including phenoxy) is 1. The van der Waals surface area contributed by atoms with Crippen LogP contribution in [0.15, 0.2) is 16.7 Å².